The van der Waals surface area contributed by atoms with E-state index in [1.165, 1.54) is 12.1 Å². The van der Waals surface area contributed by atoms with Gasteiger partial charge >= 0.3 is 0 Å². The van der Waals surface area contributed by atoms with Crippen LogP contribution < -0.4 is 22.6 Å². The van der Waals surface area contributed by atoms with E-state index < -0.39 is 5.41 Å². The number of halogens is 1. The molecule has 0 heterocycles. The minimum atomic E-state index is -0.620. The maximum absolute atomic E-state index is 13.0. The van der Waals surface area contributed by atoms with Gasteiger partial charge in [-0.1, -0.05) is 62.4 Å². The summed E-state index contributed by atoms with van der Waals surface area (Å²) in [5, 5.41) is 22.8. The fourth-order valence-electron chi connectivity index (χ4n) is 5.06. The minimum Gasteiger partial charge on any atom is -1.00 e. The third kappa shape index (κ3) is 11.9. The maximum atomic E-state index is 13.0. The molecule has 0 aliphatic carbocycles. The van der Waals surface area contributed by atoms with E-state index in [0.29, 0.717) is 36.6 Å². The van der Waals surface area contributed by atoms with Gasteiger partial charge in [-0.2, -0.15) is 0 Å². The van der Waals surface area contributed by atoms with Gasteiger partial charge in [0.2, 0.25) is 5.91 Å². The Bertz CT molecular complexity index is 903. The molecule has 2 rings (SSSR count). The van der Waals surface area contributed by atoms with Crippen LogP contribution in [0.25, 0.3) is 0 Å². The minimum absolute atomic E-state index is 0. The van der Waals surface area contributed by atoms with Crippen molar-refractivity contribution in [3.05, 3.63) is 66.2 Å². The van der Waals surface area contributed by atoms with Crippen LogP contribution in [-0.4, -0.2) is 79.6 Å². The zero-order chi connectivity index (χ0) is 27.9. The predicted molar refractivity (Wildman–Crippen MR) is 158 cm³/mol. The molecule has 6 nitrogen and oxygen atoms in total. The lowest BCUT2D eigenvalue weighted by Crippen LogP contribution is -3.00. The van der Waals surface area contributed by atoms with Crippen molar-refractivity contribution in [2.45, 2.75) is 58.8 Å². The van der Waals surface area contributed by atoms with Crippen molar-refractivity contribution < 1.29 is 31.9 Å². The monoisotopic (exact) mass is 561 g/mol. The van der Waals surface area contributed by atoms with Crippen LogP contribution in [0.4, 0.5) is 5.69 Å². The van der Waals surface area contributed by atoms with E-state index in [1.807, 2.05) is 44.2 Å². The molecule has 0 aliphatic heterocycles. The van der Waals surface area contributed by atoms with Gasteiger partial charge in [0, 0.05) is 18.8 Å². The highest BCUT2D eigenvalue weighted by Crippen LogP contribution is 2.23. The summed E-state index contributed by atoms with van der Waals surface area (Å²) in [4.78, 5) is 15.5. The van der Waals surface area contributed by atoms with Gasteiger partial charge in [0.05, 0.1) is 38.3 Å². The number of hydrogen-bond acceptors (Lipinski definition) is 4. The molecular formula is C32H52ClN3O3. The van der Waals surface area contributed by atoms with Crippen molar-refractivity contribution in [1.29, 1.82) is 0 Å². The van der Waals surface area contributed by atoms with Crippen molar-refractivity contribution in [2.75, 3.05) is 63.9 Å². The van der Waals surface area contributed by atoms with Crippen LogP contribution in [0.1, 0.15) is 58.9 Å². The van der Waals surface area contributed by atoms with E-state index in [2.05, 4.69) is 54.4 Å². The number of hydrogen-bond donors (Lipinski definition) is 3. The number of quaternary nitrogens is 1. The number of benzene rings is 2. The SMILES string of the molecule is CC(C)CCN(CCCCC[N+](CCO)(CCO)CCNC(=O)C(C)(C)c1ccccc1)c1ccccc1.[Cl-]. The van der Waals surface area contributed by atoms with Crippen molar-refractivity contribution in [3.63, 3.8) is 0 Å². The van der Waals surface area contributed by atoms with Gasteiger partial charge in [-0.3, -0.25) is 4.79 Å². The molecule has 3 N–H and O–H groups in total. The lowest BCUT2D eigenvalue weighted by molar-refractivity contribution is -0.927. The third-order valence-corrected chi connectivity index (χ3v) is 7.74. The number of carbonyl (C=O) groups excluding carboxylic acids is 1. The Morgan fingerprint density at radius 2 is 1.44 bits per heavy atom. The van der Waals surface area contributed by atoms with Crippen molar-refractivity contribution in [3.8, 4) is 0 Å². The second kappa shape index (κ2) is 18.3. The van der Waals surface area contributed by atoms with E-state index >= 15 is 0 Å². The summed E-state index contributed by atoms with van der Waals surface area (Å²) in [6.07, 6.45) is 4.40. The normalized spacial score (nSPS) is 11.8. The lowest BCUT2D eigenvalue weighted by Gasteiger charge is -2.38. The summed E-state index contributed by atoms with van der Waals surface area (Å²) in [6, 6.07) is 20.5. The Hall–Kier alpha value is -2.12. The molecule has 0 spiro atoms. The van der Waals surface area contributed by atoms with E-state index in [-0.39, 0.29) is 31.5 Å². The average Bonchev–Trinajstić information content (AvgIpc) is 2.91. The largest absolute Gasteiger partial charge is 1.00 e. The molecule has 0 aromatic heterocycles. The van der Waals surface area contributed by atoms with E-state index in [0.717, 1.165) is 44.5 Å². The topological polar surface area (TPSA) is 72.8 Å². The number of carbonyl (C=O) groups is 1. The highest BCUT2D eigenvalue weighted by atomic mass is 35.5. The van der Waals surface area contributed by atoms with Crippen molar-refractivity contribution >= 4 is 11.6 Å². The highest BCUT2D eigenvalue weighted by Gasteiger charge is 2.31. The number of aliphatic hydroxyl groups excluding tert-OH is 2. The fraction of sp³-hybridized carbons (Fsp3) is 0.594. The Balaban J connectivity index is 0.00000760. The molecule has 7 heteroatoms. The van der Waals surface area contributed by atoms with E-state index in [4.69, 9.17) is 0 Å². The van der Waals surface area contributed by atoms with Gasteiger partial charge in [0.15, 0.2) is 0 Å². The molecule has 0 atom stereocenters. The van der Waals surface area contributed by atoms with Crippen LogP contribution in [-0.2, 0) is 10.2 Å². The molecule has 2 aromatic rings. The van der Waals surface area contributed by atoms with Crippen LogP contribution in [0.5, 0.6) is 0 Å². The quantitative estimate of drug-likeness (QED) is 0.180. The van der Waals surface area contributed by atoms with Crippen LogP contribution in [0.3, 0.4) is 0 Å². The Kier molecular flexibility index (Phi) is 16.4. The number of nitrogens with zero attached hydrogens (tertiary/aromatic N) is 2. The van der Waals surface area contributed by atoms with Gasteiger partial charge in [-0.25, -0.2) is 0 Å². The first-order chi connectivity index (χ1) is 18.2. The number of nitrogens with one attached hydrogen (secondary N) is 1. The molecule has 0 saturated carbocycles. The molecule has 220 valence electrons. The number of anilines is 1. The van der Waals surface area contributed by atoms with E-state index in [1.54, 1.807) is 0 Å². The summed E-state index contributed by atoms with van der Waals surface area (Å²) in [7, 11) is 0. The molecule has 0 fully saturated rings. The standard InChI is InChI=1S/C32H51N3O3.ClH/c1-28(2)18-21-34(30-16-10-6-11-17-30)20-12-7-13-22-35(24-26-36,25-27-37)23-19-33-31(38)32(3,4)29-14-8-5-9-15-29;/h5-6,8-11,14-17,28,36-37H,7,12-13,18-27H2,1-4H3;1H. The Morgan fingerprint density at radius 1 is 0.846 bits per heavy atom. The smallest absolute Gasteiger partial charge is 0.230 e. The predicted octanol–water partition coefficient (Wildman–Crippen LogP) is 1.61. The van der Waals surface area contributed by atoms with Crippen LogP contribution in [0.15, 0.2) is 60.7 Å². The molecule has 39 heavy (non-hydrogen) atoms. The fourth-order valence-corrected chi connectivity index (χ4v) is 5.06. The summed E-state index contributed by atoms with van der Waals surface area (Å²) in [5.74, 6) is 0.673. The summed E-state index contributed by atoms with van der Waals surface area (Å²) < 4.78 is 0.620. The average molecular weight is 562 g/mol. The molecule has 0 radical (unpaired) electrons. The van der Waals surface area contributed by atoms with Gasteiger partial charge in [0.1, 0.15) is 13.1 Å². The van der Waals surface area contributed by atoms with Gasteiger partial charge in [0.25, 0.3) is 0 Å². The van der Waals surface area contributed by atoms with Crippen LogP contribution in [0.2, 0.25) is 0 Å². The Labute approximate surface area is 243 Å². The number of amides is 1. The highest BCUT2D eigenvalue weighted by molar-refractivity contribution is 5.87. The number of aliphatic hydroxyl groups is 2. The molecule has 0 saturated heterocycles. The molecule has 2 aromatic carbocycles. The second-order valence-electron chi connectivity index (χ2n) is 11.5. The first-order valence-corrected chi connectivity index (χ1v) is 14.4. The van der Waals surface area contributed by atoms with Crippen LogP contribution >= 0.6 is 0 Å². The van der Waals surface area contributed by atoms with Crippen molar-refractivity contribution in [1.82, 2.24) is 5.32 Å². The second-order valence-corrected chi connectivity index (χ2v) is 11.5. The summed E-state index contributed by atoms with van der Waals surface area (Å²) in [5.41, 5.74) is 1.65. The zero-order valence-corrected chi connectivity index (χ0v) is 25.4. The first kappa shape index (κ1) is 34.9. The lowest BCUT2D eigenvalue weighted by atomic mass is 9.84. The first-order valence-electron chi connectivity index (χ1n) is 14.4. The summed E-state index contributed by atoms with van der Waals surface area (Å²) in [6.45, 7) is 13.9. The third-order valence-electron chi connectivity index (χ3n) is 7.74. The Morgan fingerprint density at radius 3 is 2.00 bits per heavy atom. The van der Waals surface area contributed by atoms with Gasteiger partial charge in [-0.15, -0.1) is 0 Å². The number of unbranched alkanes of at least 4 members (excludes halogenated alkanes) is 2. The van der Waals surface area contributed by atoms with Crippen LogP contribution in [0, 0.1) is 5.92 Å². The molecule has 1 amide bonds. The van der Waals surface area contributed by atoms with Crippen molar-refractivity contribution in [2.24, 2.45) is 5.92 Å². The molecular weight excluding hydrogens is 510 g/mol. The van der Waals surface area contributed by atoms with Gasteiger partial charge in [-0.05, 0) is 63.1 Å². The molecule has 0 bridgehead atoms. The maximum Gasteiger partial charge on any atom is 0.230 e. The van der Waals surface area contributed by atoms with E-state index in [9.17, 15) is 15.0 Å². The van der Waals surface area contributed by atoms with Gasteiger partial charge < -0.3 is 37.3 Å². The summed E-state index contributed by atoms with van der Waals surface area (Å²) >= 11 is 0. The zero-order valence-electron chi connectivity index (χ0n) is 24.6. The number of rotatable bonds is 19. The molecule has 0 aliphatic rings. The number of para-hydroxylation sites is 1. The molecule has 0 unspecified atom stereocenters.